The third kappa shape index (κ3) is 4.15. The molecular weight excluding hydrogens is 304 g/mol. The second-order valence-corrected chi connectivity index (χ2v) is 6.91. The second-order valence-electron chi connectivity index (χ2n) is 6.91. The molecule has 0 bridgehead atoms. The lowest BCUT2D eigenvalue weighted by Gasteiger charge is -2.29. The molecule has 1 aliphatic carbocycles. The summed E-state index contributed by atoms with van der Waals surface area (Å²) in [5.74, 6) is 0.388. The molecule has 1 heterocycles. The molecule has 3 rings (SSSR count). The summed E-state index contributed by atoms with van der Waals surface area (Å²) < 4.78 is 5.37. The van der Waals surface area contributed by atoms with Crippen molar-refractivity contribution in [1.29, 1.82) is 0 Å². The summed E-state index contributed by atoms with van der Waals surface area (Å²) in [7, 11) is 0. The molecule has 130 valence electrons. The van der Waals surface area contributed by atoms with Crippen LogP contribution in [0.25, 0.3) is 0 Å². The molecule has 3 unspecified atom stereocenters. The van der Waals surface area contributed by atoms with Crippen molar-refractivity contribution in [3.8, 4) is 0 Å². The van der Waals surface area contributed by atoms with Crippen LogP contribution in [0.5, 0.6) is 0 Å². The van der Waals surface area contributed by atoms with Crippen LogP contribution in [0.4, 0.5) is 5.69 Å². The number of anilines is 1. The summed E-state index contributed by atoms with van der Waals surface area (Å²) in [5, 5.41) is 5.99. The minimum atomic E-state index is -0.347. The smallest absolute Gasteiger partial charge is 0.253 e. The maximum Gasteiger partial charge on any atom is 0.253 e. The topological polar surface area (TPSA) is 67.4 Å². The van der Waals surface area contributed by atoms with Crippen LogP contribution in [-0.4, -0.2) is 30.6 Å². The molecule has 2 N–H and O–H groups in total. The van der Waals surface area contributed by atoms with Crippen LogP contribution in [0, 0.1) is 5.92 Å². The molecule has 1 aromatic rings. The van der Waals surface area contributed by atoms with Gasteiger partial charge in [-0.3, -0.25) is 9.59 Å². The molecule has 1 aliphatic heterocycles. The molecule has 0 aromatic heterocycles. The Morgan fingerprint density at radius 3 is 2.46 bits per heavy atom. The number of hydrogen-bond donors (Lipinski definition) is 2. The Kier molecular flexibility index (Phi) is 5.51. The van der Waals surface area contributed by atoms with Crippen LogP contribution in [0.1, 0.15) is 55.8 Å². The van der Waals surface area contributed by atoms with E-state index < -0.39 is 0 Å². The fraction of sp³-hybridized carbons (Fsp3) is 0.579. The molecule has 0 spiro atoms. The van der Waals surface area contributed by atoms with E-state index in [2.05, 4.69) is 17.6 Å². The fourth-order valence-corrected chi connectivity index (χ4v) is 3.49. The summed E-state index contributed by atoms with van der Waals surface area (Å²) in [4.78, 5) is 24.4. The highest BCUT2D eigenvalue weighted by Gasteiger charge is 2.24. The van der Waals surface area contributed by atoms with Crippen molar-refractivity contribution >= 4 is 17.5 Å². The van der Waals surface area contributed by atoms with E-state index in [1.54, 1.807) is 24.3 Å². The molecule has 3 atom stereocenters. The number of amides is 2. The zero-order valence-electron chi connectivity index (χ0n) is 14.2. The van der Waals surface area contributed by atoms with Gasteiger partial charge in [-0.15, -0.1) is 0 Å². The zero-order chi connectivity index (χ0) is 16.9. The largest absolute Gasteiger partial charge is 0.368 e. The van der Waals surface area contributed by atoms with Gasteiger partial charge in [-0.1, -0.05) is 19.8 Å². The molecule has 0 radical (unpaired) electrons. The van der Waals surface area contributed by atoms with E-state index in [1.807, 2.05) is 0 Å². The molecule has 5 nitrogen and oxygen atoms in total. The lowest BCUT2D eigenvalue weighted by Crippen LogP contribution is -2.41. The van der Waals surface area contributed by atoms with Crippen LogP contribution < -0.4 is 10.6 Å². The quantitative estimate of drug-likeness (QED) is 0.891. The average molecular weight is 330 g/mol. The Balaban J connectivity index is 1.55. The highest BCUT2D eigenvalue weighted by molar-refractivity contribution is 5.97. The lowest BCUT2D eigenvalue weighted by molar-refractivity contribution is -0.124. The fourth-order valence-electron chi connectivity index (χ4n) is 3.49. The van der Waals surface area contributed by atoms with Gasteiger partial charge in [0.05, 0.1) is 0 Å². The number of ether oxygens (including phenoxy) is 1. The van der Waals surface area contributed by atoms with Crippen molar-refractivity contribution < 1.29 is 14.3 Å². The molecule has 24 heavy (non-hydrogen) atoms. The van der Waals surface area contributed by atoms with E-state index in [-0.39, 0.29) is 24.0 Å². The molecule has 2 fully saturated rings. The van der Waals surface area contributed by atoms with Gasteiger partial charge in [0.25, 0.3) is 11.8 Å². The number of carbonyl (C=O) groups is 2. The van der Waals surface area contributed by atoms with Gasteiger partial charge in [0, 0.05) is 23.9 Å². The summed E-state index contributed by atoms with van der Waals surface area (Å²) in [6.45, 7) is 2.85. The summed E-state index contributed by atoms with van der Waals surface area (Å²) in [5.41, 5.74) is 1.32. The van der Waals surface area contributed by atoms with Crippen molar-refractivity contribution in [2.45, 2.75) is 57.6 Å². The Morgan fingerprint density at radius 2 is 1.79 bits per heavy atom. The van der Waals surface area contributed by atoms with E-state index in [0.29, 0.717) is 23.8 Å². The maximum atomic E-state index is 12.4. The Morgan fingerprint density at radius 1 is 1.04 bits per heavy atom. The first-order valence-corrected chi connectivity index (χ1v) is 8.97. The Bertz CT molecular complexity index is 579. The number of carbonyl (C=O) groups excluding carboxylic acids is 2. The van der Waals surface area contributed by atoms with Crippen molar-refractivity contribution in [3.63, 3.8) is 0 Å². The molecule has 1 aromatic carbocycles. The second kappa shape index (κ2) is 7.79. The van der Waals surface area contributed by atoms with Gasteiger partial charge in [-0.05, 0) is 55.9 Å². The van der Waals surface area contributed by atoms with Crippen LogP contribution in [0.2, 0.25) is 0 Å². The summed E-state index contributed by atoms with van der Waals surface area (Å²) in [6.07, 6.45) is 6.03. The summed E-state index contributed by atoms with van der Waals surface area (Å²) in [6, 6.07) is 7.32. The van der Waals surface area contributed by atoms with Gasteiger partial charge >= 0.3 is 0 Å². The number of nitrogens with one attached hydrogen (secondary N) is 2. The van der Waals surface area contributed by atoms with Gasteiger partial charge < -0.3 is 15.4 Å². The Hall–Kier alpha value is -1.88. The normalized spacial score (nSPS) is 26.8. The van der Waals surface area contributed by atoms with Gasteiger partial charge in [0.2, 0.25) is 0 Å². The first-order valence-electron chi connectivity index (χ1n) is 8.97. The van der Waals surface area contributed by atoms with Crippen LogP contribution in [0.3, 0.4) is 0 Å². The molecule has 1 saturated carbocycles. The van der Waals surface area contributed by atoms with Crippen molar-refractivity contribution in [1.82, 2.24) is 5.32 Å². The van der Waals surface area contributed by atoms with Gasteiger partial charge in [-0.2, -0.15) is 0 Å². The highest BCUT2D eigenvalue weighted by atomic mass is 16.5. The number of benzene rings is 1. The molecule has 5 heteroatoms. The van der Waals surface area contributed by atoms with Crippen molar-refractivity contribution in [2.75, 3.05) is 11.9 Å². The summed E-state index contributed by atoms with van der Waals surface area (Å²) >= 11 is 0. The first-order chi connectivity index (χ1) is 11.6. The first kappa shape index (κ1) is 17.0. The monoisotopic (exact) mass is 330 g/mol. The highest BCUT2D eigenvalue weighted by Crippen LogP contribution is 2.24. The molecule has 1 saturated heterocycles. The van der Waals surface area contributed by atoms with Crippen LogP contribution >= 0.6 is 0 Å². The minimum Gasteiger partial charge on any atom is -0.368 e. The predicted molar refractivity (Wildman–Crippen MR) is 92.9 cm³/mol. The maximum absolute atomic E-state index is 12.4. The predicted octanol–water partition coefficient (Wildman–Crippen LogP) is 3.11. The third-order valence-electron chi connectivity index (χ3n) is 5.06. The standard InChI is InChI=1S/C19H26N2O3/c1-13-5-2-3-6-16(13)21-18(22)14-8-10-15(11-9-14)20-19(23)17-7-4-12-24-17/h8-11,13,16-17H,2-7,12H2,1H3,(H,20,23)(H,21,22). The molecular formula is C19H26N2O3. The van der Waals surface area contributed by atoms with E-state index in [0.717, 1.165) is 19.3 Å². The average Bonchev–Trinajstić information content (AvgIpc) is 3.12. The minimum absolute atomic E-state index is 0.0363. The molecule has 2 amide bonds. The van der Waals surface area contributed by atoms with E-state index in [4.69, 9.17) is 4.74 Å². The third-order valence-corrected chi connectivity index (χ3v) is 5.06. The lowest BCUT2D eigenvalue weighted by atomic mass is 9.86. The zero-order valence-corrected chi connectivity index (χ0v) is 14.2. The number of rotatable bonds is 4. The Labute approximate surface area is 143 Å². The van der Waals surface area contributed by atoms with Crippen molar-refractivity contribution in [2.24, 2.45) is 5.92 Å². The van der Waals surface area contributed by atoms with Crippen molar-refractivity contribution in [3.05, 3.63) is 29.8 Å². The van der Waals surface area contributed by atoms with Gasteiger partial charge in [0.1, 0.15) is 6.10 Å². The molecule has 2 aliphatic rings. The van der Waals surface area contributed by atoms with Crippen LogP contribution in [-0.2, 0) is 9.53 Å². The van der Waals surface area contributed by atoms with Crippen LogP contribution in [0.15, 0.2) is 24.3 Å². The number of hydrogen-bond acceptors (Lipinski definition) is 3. The van der Waals surface area contributed by atoms with E-state index in [9.17, 15) is 9.59 Å². The van der Waals surface area contributed by atoms with E-state index in [1.165, 1.54) is 19.3 Å². The van der Waals surface area contributed by atoms with Gasteiger partial charge in [-0.25, -0.2) is 0 Å². The van der Waals surface area contributed by atoms with Gasteiger partial charge in [0.15, 0.2) is 0 Å². The van der Waals surface area contributed by atoms with E-state index >= 15 is 0 Å². The SMILES string of the molecule is CC1CCCCC1NC(=O)c1ccc(NC(=O)C2CCCO2)cc1.